The zero-order valence-corrected chi connectivity index (χ0v) is 32.2. The van der Waals surface area contributed by atoms with Crippen molar-refractivity contribution in [2.45, 2.75) is 144 Å². The van der Waals surface area contributed by atoms with Crippen LogP contribution in [0.5, 0.6) is 0 Å². The molecule has 0 aliphatic heterocycles. The lowest BCUT2D eigenvalue weighted by atomic mass is 9.84. The van der Waals surface area contributed by atoms with Crippen LogP contribution in [0.1, 0.15) is 115 Å². The van der Waals surface area contributed by atoms with Crippen LogP contribution in [0.15, 0.2) is 0 Å². The third-order valence-corrected chi connectivity index (χ3v) is 6.53. The molecule has 4 N–H and O–H groups in total. The maximum Gasteiger partial charge on any atom is 0.329 e. The number of hydrogen-bond acceptors (Lipinski definition) is 11. The Bertz CT molecular complexity index is 1040. The zero-order valence-electron chi connectivity index (χ0n) is 32.2. The number of unbranched alkanes of at least 4 members (excludes halogenated alkanes) is 1. The summed E-state index contributed by atoms with van der Waals surface area (Å²) in [6.07, 6.45) is 1.62. The van der Waals surface area contributed by atoms with Crippen LogP contribution < -0.4 is 16.4 Å². The Morgan fingerprint density at radius 1 is 0.673 bits per heavy atom. The van der Waals surface area contributed by atoms with Crippen molar-refractivity contribution < 1.29 is 47.7 Å². The first-order valence-electron chi connectivity index (χ1n) is 17.2. The molecule has 49 heavy (non-hydrogen) atoms. The largest absolute Gasteiger partial charge is 0.460 e. The van der Waals surface area contributed by atoms with Gasteiger partial charge < -0.3 is 45.0 Å². The first kappa shape index (κ1) is 46.0. The van der Waals surface area contributed by atoms with E-state index < -0.39 is 46.8 Å². The third-order valence-electron chi connectivity index (χ3n) is 6.53. The van der Waals surface area contributed by atoms with Crippen LogP contribution in [0.4, 0.5) is 4.79 Å². The molecule has 0 aromatic heterocycles. The molecule has 0 saturated heterocycles. The van der Waals surface area contributed by atoms with Crippen molar-refractivity contribution in [2.24, 2.45) is 11.1 Å². The number of urea groups is 1. The van der Waals surface area contributed by atoms with Crippen LogP contribution in [0, 0.1) is 5.41 Å². The molecule has 0 aromatic carbocycles. The summed E-state index contributed by atoms with van der Waals surface area (Å²) < 4.78 is 27.0. The molecule has 0 heterocycles. The normalized spacial score (nSPS) is 13.6. The lowest BCUT2D eigenvalue weighted by Crippen LogP contribution is -2.53. The Morgan fingerprint density at radius 2 is 1.22 bits per heavy atom. The average molecular weight is 703 g/mol. The molecule has 0 aliphatic rings. The number of rotatable bonds is 20. The molecular formula is C35H66N4O10. The SMILES string of the molecule is CC(C)(C)OC(=O)CC[C@H](NC(=O)N[C@@H](CCCCN(CC(=O)OC(C)(C)C)C(=O)COCCOCCN)C(C)(C)C)C(=O)OC(C)(C)C. The molecule has 14 heteroatoms. The first-order chi connectivity index (χ1) is 22.3. The number of ether oxygens (including phenoxy) is 5. The summed E-state index contributed by atoms with van der Waals surface area (Å²) in [5.74, 6) is -2.02. The highest BCUT2D eigenvalue weighted by atomic mass is 16.6. The highest BCUT2D eigenvalue weighted by Gasteiger charge is 2.31. The topological polar surface area (TPSA) is 185 Å². The van der Waals surface area contributed by atoms with Crippen LogP contribution in [0.25, 0.3) is 0 Å². The third kappa shape index (κ3) is 24.8. The average Bonchev–Trinajstić information content (AvgIpc) is 2.90. The number of nitrogens with two attached hydrogens (primary N) is 1. The predicted molar refractivity (Wildman–Crippen MR) is 187 cm³/mol. The number of nitrogens with one attached hydrogen (secondary N) is 2. The van der Waals surface area contributed by atoms with Gasteiger partial charge in [0.05, 0.1) is 19.8 Å². The van der Waals surface area contributed by atoms with Gasteiger partial charge in [-0.05, 0) is 93.4 Å². The summed E-state index contributed by atoms with van der Waals surface area (Å²) in [6, 6.07) is -1.96. The van der Waals surface area contributed by atoms with Gasteiger partial charge in [0.1, 0.15) is 36.0 Å². The second-order valence-corrected chi connectivity index (χ2v) is 16.1. The molecule has 286 valence electrons. The van der Waals surface area contributed by atoms with E-state index in [9.17, 15) is 24.0 Å². The van der Waals surface area contributed by atoms with Gasteiger partial charge in [-0.1, -0.05) is 20.8 Å². The van der Waals surface area contributed by atoms with Gasteiger partial charge in [0.25, 0.3) is 0 Å². The van der Waals surface area contributed by atoms with Crippen molar-refractivity contribution in [3.63, 3.8) is 0 Å². The molecule has 0 rings (SSSR count). The van der Waals surface area contributed by atoms with Gasteiger partial charge in [-0.2, -0.15) is 0 Å². The maximum absolute atomic E-state index is 13.2. The summed E-state index contributed by atoms with van der Waals surface area (Å²) in [6.45, 7) is 22.8. The second kappa shape index (κ2) is 21.3. The smallest absolute Gasteiger partial charge is 0.329 e. The lowest BCUT2D eigenvalue weighted by Gasteiger charge is -2.33. The van der Waals surface area contributed by atoms with Crippen molar-refractivity contribution in [1.82, 2.24) is 15.5 Å². The fraction of sp³-hybridized carbons (Fsp3) is 0.857. The van der Waals surface area contributed by atoms with E-state index in [-0.39, 0.29) is 56.5 Å². The minimum atomic E-state index is -1.07. The fourth-order valence-electron chi connectivity index (χ4n) is 4.38. The molecule has 0 radical (unpaired) electrons. The molecule has 0 aromatic rings. The number of esters is 3. The summed E-state index contributed by atoms with van der Waals surface area (Å²) in [5.41, 5.74) is 2.86. The summed E-state index contributed by atoms with van der Waals surface area (Å²) in [5, 5.41) is 5.67. The van der Waals surface area contributed by atoms with Crippen LogP contribution in [-0.2, 0) is 42.9 Å². The van der Waals surface area contributed by atoms with Gasteiger partial charge in [0.15, 0.2) is 0 Å². The molecular weight excluding hydrogens is 636 g/mol. The van der Waals surface area contributed by atoms with Crippen molar-refractivity contribution in [3.8, 4) is 0 Å². The molecule has 0 spiro atoms. The van der Waals surface area contributed by atoms with E-state index in [1.807, 2.05) is 20.8 Å². The number of carbonyl (C=O) groups excluding carboxylic acids is 5. The predicted octanol–water partition coefficient (Wildman–Crippen LogP) is 3.87. The van der Waals surface area contributed by atoms with Crippen molar-refractivity contribution in [3.05, 3.63) is 0 Å². The standard InChI is InChI=1S/C35H66N4O10/c1-32(2,3)26(38-31(44)37-25(30(43)49-35(10,11)12)16-17-28(41)47-33(4,5)6)15-13-14-19-39(23-29(42)48-34(7,8)9)27(40)24-46-22-21-45-20-18-36/h25-26H,13-24,36H2,1-12H3,(H2,37,38,44)/t25-,26-/m0/s1. The quantitative estimate of drug-likeness (QED) is 0.0951. The molecule has 2 atom stereocenters. The first-order valence-corrected chi connectivity index (χ1v) is 17.2. The lowest BCUT2D eigenvalue weighted by molar-refractivity contribution is -0.160. The van der Waals surface area contributed by atoms with Crippen molar-refractivity contribution in [2.75, 3.05) is 46.1 Å². The Labute approximate surface area is 294 Å². The van der Waals surface area contributed by atoms with Gasteiger partial charge in [-0.3, -0.25) is 14.4 Å². The molecule has 0 bridgehead atoms. The summed E-state index contributed by atoms with van der Waals surface area (Å²) in [7, 11) is 0. The van der Waals surface area contributed by atoms with E-state index in [1.165, 1.54) is 4.90 Å². The maximum atomic E-state index is 13.2. The van der Waals surface area contributed by atoms with Crippen LogP contribution in [0.2, 0.25) is 0 Å². The Kier molecular flexibility index (Phi) is 20.0. The molecule has 3 amide bonds. The van der Waals surface area contributed by atoms with Crippen LogP contribution >= 0.6 is 0 Å². The highest BCUT2D eigenvalue weighted by molar-refractivity contribution is 5.84. The highest BCUT2D eigenvalue weighted by Crippen LogP contribution is 2.24. The van der Waals surface area contributed by atoms with Gasteiger partial charge in [0.2, 0.25) is 5.91 Å². The van der Waals surface area contributed by atoms with E-state index in [4.69, 9.17) is 29.4 Å². The number of amides is 3. The number of carbonyl (C=O) groups is 5. The Morgan fingerprint density at radius 3 is 1.76 bits per heavy atom. The fourth-order valence-corrected chi connectivity index (χ4v) is 4.38. The minimum Gasteiger partial charge on any atom is -0.460 e. The Balaban J connectivity index is 5.44. The zero-order chi connectivity index (χ0) is 38.1. The number of nitrogens with zero attached hydrogens (tertiary/aromatic N) is 1. The van der Waals surface area contributed by atoms with E-state index in [0.29, 0.717) is 39.0 Å². The van der Waals surface area contributed by atoms with Crippen LogP contribution in [-0.4, -0.2) is 110 Å². The molecule has 14 nitrogen and oxygen atoms in total. The number of hydrogen-bond donors (Lipinski definition) is 3. The monoisotopic (exact) mass is 702 g/mol. The van der Waals surface area contributed by atoms with Crippen LogP contribution in [0.3, 0.4) is 0 Å². The van der Waals surface area contributed by atoms with Gasteiger partial charge in [-0.25, -0.2) is 9.59 Å². The minimum absolute atomic E-state index is 0.00335. The molecule has 0 saturated carbocycles. The van der Waals surface area contributed by atoms with Gasteiger partial charge in [-0.15, -0.1) is 0 Å². The van der Waals surface area contributed by atoms with E-state index in [0.717, 1.165) is 0 Å². The molecule has 0 aliphatic carbocycles. The molecule has 0 unspecified atom stereocenters. The van der Waals surface area contributed by atoms with Gasteiger partial charge >= 0.3 is 23.9 Å². The van der Waals surface area contributed by atoms with Crippen molar-refractivity contribution in [1.29, 1.82) is 0 Å². The van der Waals surface area contributed by atoms with E-state index >= 15 is 0 Å². The second-order valence-electron chi connectivity index (χ2n) is 16.1. The van der Waals surface area contributed by atoms with E-state index in [2.05, 4.69) is 10.6 Å². The van der Waals surface area contributed by atoms with Gasteiger partial charge in [0, 0.05) is 25.6 Å². The van der Waals surface area contributed by atoms with Crippen molar-refractivity contribution >= 4 is 29.8 Å². The Hall–Kier alpha value is -2.97. The van der Waals surface area contributed by atoms with E-state index in [1.54, 1.807) is 62.3 Å². The summed E-state index contributed by atoms with van der Waals surface area (Å²) >= 11 is 0. The summed E-state index contributed by atoms with van der Waals surface area (Å²) in [4.78, 5) is 65.5. The molecule has 0 fully saturated rings.